The van der Waals surface area contributed by atoms with Gasteiger partial charge in [0.2, 0.25) is 0 Å². The molecular weight excluding hydrogens is 567 g/mol. The van der Waals surface area contributed by atoms with Gasteiger partial charge in [0.25, 0.3) is 5.91 Å². The van der Waals surface area contributed by atoms with Gasteiger partial charge in [0.1, 0.15) is 0 Å². The summed E-state index contributed by atoms with van der Waals surface area (Å²) in [5, 5.41) is 8.88. The minimum Gasteiger partial charge on any atom is -0.321 e. The Kier molecular flexibility index (Phi) is 8.60. The monoisotopic (exact) mass is 598 g/mol. The minimum atomic E-state index is -0.566. The van der Waals surface area contributed by atoms with E-state index in [2.05, 4.69) is 65.6 Å². The minimum absolute atomic E-state index is 0.0350. The second-order valence-electron chi connectivity index (χ2n) is 9.25. The summed E-state index contributed by atoms with van der Waals surface area (Å²) in [6, 6.07) is 25.6. The van der Waals surface area contributed by atoms with Crippen molar-refractivity contribution >= 4 is 40.2 Å². The molecule has 0 aromatic heterocycles. The first kappa shape index (κ1) is 26.1. The fourth-order valence-corrected chi connectivity index (χ4v) is 5.24. The highest BCUT2D eigenvalue weighted by atomic mass is 127. The Morgan fingerprint density at radius 3 is 2.22 bits per heavy atom. The third kappa shape index (κ3) is 6.24. The number of anilines is 1. The molecule has 2 atom stereocenters. The molecule has 188 valence electrons. The van der Waals surface area contributed by atoms with Gasteiger partial charge in [-0.15, -0.1) is 0 Å². The molecule has 0 bridgehead atoms. The SMILES string of the molecule is C[C@@H]1CN(C(=O)N(Cc2ccc(C(=O)NO)cc2)c2cccc(I)c2)C[C@H](C)N1Cc1ccccc1. The van der Waals surface area contributed by atoms with Crippen LogP contribution in [0.15, 0.2) is 78.9 Å². The van der Waals surface area contributed by atoms with Crippen LogP contribution in [0.25, 0.3) is 0 Å². The van der Waals surface area contributed by atoms with Crippen LogP contribution in [0.5, 0.6) is 0 Å². The number of hydrogen-bond donors (Lipinski definition) is 2. The molecule has 36 heavy (non-hydrogen) atoms. The molecule has 0 spiro atoms. The summed E-state index contributed by atoms with van der Waals surface area (Å²) < 4.78 is 1.05. The van der Waals surface area contributed by atoms with E-state index < -0.39 is 5.91 Å². The van der Waals surface area contributed by atoms with Crippen molar-refractivity contribution < 1.29 is 14.8 Å². The summed E-state index contributed by atoms with van der Waals surface area (Å²) >= 11 is 2.26. The highest BCUT2D eigenvalue weighted by Gasteiger charge is 2.34. The van der Waals surface area contributed by atoms with Gasteiger partial charge in [-0.25, -0.2) is 10.3 Å². The summed E-state index contributed by atoms with van der Waals surface area (Å²) in [4.78, 5) is 31.8. The summed E-state index contributed by atoms with van der Waals surface area (Å²) in [6.07, 6.45) is 0. The second kappa shape index (κ2) is 11.9. The number of hydroxylamine groups is 1. The highest BCUT2D eigenvalue weighted by molar-refractivity contribution is 14.1. The van der Waals surface area contributed by atoms with Crippen LogP contribution in [-0.4, -0.2) is 52.1 Å². The predicted molar refractivity (Wildman–Crippen MR) is 149 cm³/mol. The van der Waals surface area contributed by atoms with Gasteiger partial charge in [-0.3, -0.25) is 19.8 Å². The number of carbonyl (C=O) groups is 2. The Bertz CT molecular complexity index is 1180. The Labute approximate surface area is 225 Å². The van der Waals surface area contributed by atoms with E-state index in [1.165, 1.54) is 5.56 Å². The van der Waals surface area contributed by atoms with Crippen LogP contribution >= 0.6 is 22.6 Å². The van der Waals surface area contributed by atoms with Crippen molar-refractivity contribution in [2.75, 3.05) is 18.0 Å². The number of amides is 3. The van der Waals surface area contributed by atoms with Gasteiger partial charge in [0.15, 0.2) is 0 Å². The molecular formula is C28H31IN4O3. The van der Waals surface area contributed by atoms with E-state index in [9.17, 15) is 9.59 Å². The number of carbonyl (C=O) groups excluding carboxylic acids is 2. The Morgan fingerprint density at radius 1 is 0.944 bits per heavy atom. The van der Waals surface area contributed by atoms with Crippen LogP contribution in [0, 0.1) is 3.57 Å². The summed E-state index contributed by atoms with van der Waals surface area (Å²) in [5.74, 6) is -0.566. The number of rotatable bonds is 6. The normalized spacial score (nSPS) is 18.1. The highest BCUT2D eigenvalue weighted by Crippen LogP contribution is 2.25. The summed E-state index contributed by atoms with van der Waals surface area (Å²) in [7, 11) is 0. The third-order valence-corrected chi connectivity index (χ3v) is 7.26. The molecule has 3 aromatic carbocycles. The van der Waals surface area contributed by atoms with Crippen molar-refractivity contribution in [3.63, 3.8) is 0 Å². The molecule has 0 aliphatic carbocycles. The van der Waals surface area contributed by atoms with Gasteiger partial charge in [-0.1, -0.05) is 48.5 Å². The van der Waals surface area contributed by atoms with E-state index in [0.29, 0.717) is 25.2 Å². The number of halogens is 1. The zero-order valence-electron chi connectivity index (χ0n) is 20.5. The number of benzene rings is 3. The first-order chi connectivity index (χ1) is 17.4. The molecule has 7 nitrogen and oxygen atoms in total. The third-order valence-electron chi connectivity index (χ3n) is 6.59. The van der Waals surface area contributed by atoms with Gasteiger partial charge in [0, 0.05) is 46.5 Å². The van der Waals surface area contributed by atoms with Crippen molar-refractivity contribution in [1.82, 2.24) is 15.3 Å². The molecule has 0 unspecified atom stereocenters. The zero-order valence-corrected chi connectivity index (χ0v) is 22.6. The van der Waals surface area contributed by atoms with E-state index in [4.69, 9.17) is 5.21 Å². The number of urea groups is 1. The molecule has 3 aromatic rings. The average Bonchev–Trinajstić information content (AvgIpc) is 2.89. The second-order valence-corrected chi connectivity index (χ2v) is 10.5. The summed E-state index contributed by atoms with van der Waals surface area (Å²) in [5.41, 5.74) is 4.99. The van der Waals surface area contributed by atoms with Crippen molar-refractivity contribution in [3.05, 3.63) is 99.1 Å². The Morgan fingerprint density at radius 2 is 1.61 bits per heavy atom. The fraction of sp³-hybridized carbons (Fsp3) is 0.286. The lowest BCUT2D eigenvalue weighted by atomic mass is 10.1. The first-order valence-electron chi connectivity index (χ1n) is 12.0. The molecule has 1 saturated heterocycles. The number of hydrogen-bond acceptors (Lipinski definition) is 4. The molecule has 2 N–H and O–H groups in total. The molecule has 1 aliphatic rings. The van der Waals surface area contributed by atoms with Crippen LogP contribution in [0.4, 0.5) is 10.5 Å². The lowest BCUT2D eigenvalue weighted by molar-refractivity contribution is 0.0508. The summed E-state index contributed by atoms with van der Waals surface area (Å²) in [6.45, 7) is 6.88. The van der Waals surface area contributed by atoms with E-state index in [1.54, 1.807) is 22.5 Å². The Hall–Kier alpha value is -2.95. The molecule has 8 heteroatoms. The largest absolute Gasteiger partial charge is 0.324 e. The van der Waals surface area contributed by atoms with Crippen LogP contribution < -0.4 is 10.4 Å². The van der Waals surface area contributed by atoms with Crippen LogP contribution in [0.1, 0.15) is 35.3 Å². The lowest BCUT2D eigenvalue weighted by Crippen LogP contribution is -2.59. The van der Waals surface area contributed by atoms with Crippen molar-refractivity contribution in [1.29, 1.82) is 0 Å². The number of piperazine rings is 1. The van der Waals surface area contributed by atoms with Gasteiger partial charge in [-0.2, -0.15) is 0 Å². The van der Waals surface area contributed by atoms with Crippen molar-refractivity contribution in [3.8, 4) is 0 Å². The Balaban J connectivity index is 1.54. The van der Waals surface area contributed by atoms with Gasteiger partial charge >= 0.3 is 6.03 Å². The number of nitrogens with one attached hydrogen (secondary N) is 1. The molecule has 1 heterocycles. The molecule has 1 fully saturated rings. The zero-order chi connectivity index (χ0) is 25.7. The fourth-order valence-electron chi connectivity index (χ4n) is 4.71. The first-order valence-corrected chi connectivity index (χ1v) is 13.1. The molecule has 0 saturated carbocycles. The molecule has 4 rings (SSSR count). The van der Waals surface area contributed by atoms with Gasteiger partial charge < -0.3 is 4.90 Å². The van der Waals surface area contributed by atoms with E-state index in [1.807, 2.05) is 47.4 Å². The van der Waals surface area contributed by atoms with Gasteiger partial charge in [0.05, 0.1) is 6.54 Å². The lowest BCUT2D eigenvalue weighted by Gasteiger charge is -2.45. The maximum atomic E-state index is 13.9. The average molecular weight is 598 g/mol. The maximum Gasteiger partial charge on any atom is 0.324 e. The van der Waals surface area contributed by atoms with Crippen LogP contribution in [0.3, 0.4) is 0 Å². The molecule has 1 aliphatic heterocycles. The topological polar surface area (TPSA) is 76.1 Å². The smallest absolute Gasteiger partial charge is 0.321 e. The van der Waals surface area contributed by atoms with E-state index in [-0.39, 0.29) is 18.1 Å². The molecule has 3 amide bonds. The predicted octanol–water partition coefficient (Wildman–Crippen LogP) is 5.13. The van der Waals surface area contributed by atoms with E-state index in [0.717, 1.165) is 21.4 Å². The number of nitrogens with zero attached hydrogens (tertiary/aromatic N) is 3. The van der Waals surface area contributed by atoms with Gasteiger partial charge in [-0.05, 0) is 77.9 Å². The van der Waals surface area contributed by atoms with Crippen molar-refractivity contribution in [2.45, 2.75) is 39.0 Å². The standard InChI is InChI=1S/C28H31IN4O3/c1-20-16-31(17-21(2)32(20)18-22-7-4-3-5-8-22)28(35)33(26-10-6-9-25(29)15-26)19-23-11-13-24(14-12-23)27(34)30-36/h3-15,20-21,36H,16-19H2,1-2H3,(H,30,34)/t20-,21+. The van der Waals surface area contributed by atoms with Crippen LogP contribution in [-0.2, 0) is 13.1 Å². The maximum absolute atomic E-state index is 13.9. The quantitative estimate of drug-likeness (QED) is 0.235. The van der Waals surface area contributed by atoms with Crippen LogP contribution in [0.2, 0.25) is 0 Å². The van der Waals surface area contributed by atoms with Crippen molar-refractivity contribution in [2.24, 2.45) is 0 Å². The molecule has 0 radical (unpaired) electrons. The van der Waals surface area contributed by atoms with E-state index >= 15 is 0 Å².